The number of nitrogens with two attached hydrogens (primary N) is 1. The first-order valence-corrected chi connectivity index (χ1v) is 7.06. The summed E-state index contributed by atoms with van der Waals surface area (Å²) < 4.78 is 1.02. The average Bonchev–Trinajstić information content (AvgIpc) is 2.24. The number of rotatable bonds is 5. The van der Waals surface area contributed by atoms with E-state index in [0.29, 0.717) is 6.54 Å². The van der Waals surface area contributed by atoms with Gasteiger partial charge >= 0.3 is 0 Å². The zero-order valence-electron chi connectivity index (χ0n) is 11.6. The highest BCUT2D eigenvalue weighted by Crippen LogP contribution is 2.29. The van der Waals surface area contributed by atoms with Crippen LogP contribution in [-0.2, 0) is 0 Å². The van der Waals surface area contributed by atoms with Gasteiger partial charge in [-0.05, 0) is 61.3 Å². The van der Waals surface area contributed by atoms with Gasteiger partial charge in [0.05, 0.1) is 11.3 Å². The Hall–Kier alpha value is -0.580. The Morgan fingerprint density at radius 2 is 2.06 bits per heavy atom. The minimum atomic E-state index is -0.713. The van der Waals surface area contributed by atoms with Crippen molar-refractivity contribution in [2.75, 3.05) is 18.0 Å². The third-order valence-corrected chi connectivity index (χ3v) is 3.43. The van der Waals surface area contributed by atoms with E-state index in [2.05, 4.69) is 33.8 Å². The van der Waals surface area contributed by atoms with Gasteiger partial charge in [-0.2, -0.15) is 0 Å². The average molecular weight is 315 g/mol. The van der Waals surface area contributed by atoms with Gasteiger partial charge in [0.15, 0.2) is 0 Å². The molecule has 102 valence electrons. The second-order valence-corrected chi connectivity index (χ2v) is 6.18. The van der Waals surface area contributed by atoms with E-state index in [9.17, 15) is 5.11 Å². The minimum absolute atomic E-state index is 0.0275. The predicted octanol–water partition coefficient (Wildman–Crippen LogP) is 3.07. The van der Waals surface area contributed by atoms with Crippen LogP contribution in [0.5, 0.6) is 0 Å². The molecule has 0 unspecified atom stereocenters. The van der Waals surface area contributed by atoms with Gasteiger partial charge in [0.2, 0.25) is 0 Å². The summed E-state index contributed by atoms with van der Waals surface area (Å²) >= 11 is 3.59. The summed E-state index contributed by atoms with van der Waals surface area (Å²) in [6.07, 6.45) is 0. The molecule has 0 bridgehead atoms. The van der Waals surface area contributed by atoms with E-state index in [4.69, 9.17) is 5.73 Å². The maximum atomic E-state index is 9.94. The highest BCUT2D eigenvalue weighted by atomic mass is 79.9. The van der Waals surface area contributed by atoms with Crippen molar-refractivity contribution in [2.45, 2.75) is 39.3 Å². The minimum Gasteiger partial charge on any atom is -0.389 e. The number of hydrogen-bond donors (Lipinski definition) is 2. The Labute approximate surface area is 118 Å². The molecule has 0 aliphatic carbocycles. The van der Waals surface area contributed by atoms with Crippen molar-refractivity contribution in [1.82, 2.24) is 0 Å². The molecule has 0 aromatic heterocycles. The summed E-state index contributed by atoms with van der Waals surface area (Å²) in [5, 5.41) is 9.94. The predicted molar refractivity (Wildman–Crippen MR) is 80.9 cm³/mol. The Bertz CT molecular complexity index is 399. The lowest BCUT2D eigenvalue weighted by atomic mass is 10.1. The molecule has 1 rings (SSSR count). The Morgan fingerprint density at radius 1 is 1.44 bits per heavy atom. The van der Waals surface area contributed by atoms with Crippen LogP contribution < -0.4 is 10.6 Å². The molecular weight excluding hydrogens is 292 g/mol. The van der Waals surface area contributed by atoms with Crippen LogP contribution in [0, 0.1) is 0 Å². The molecule has 0 amide bonds. The lowest BCUT2D eigenvalue weighted by molar-refractivity contribution is 0.0875. The van der Waals surface area contributed by atoms with Crippen LogP contribution in [0.3, 0.4) is 0 Å². The third-order valence-electron chi connectivity index (χ3n) is 2.80. The van der Waals surface area contributed by atoms with Gasteiger partial charge in [0, 0.05) is 23.6 Å². The fourth-order valence-corrected chi connectivity index (χ4v) is 2.54. The molecule has 1 atom stereocenters. The summed E-state index contributed by atoms with van der Waals surface area (Å²) in [4.78, 5) is 2.15. The summed E-state index contributed by atoms with van der Waals surface area (Å²) in [6, 6.07) is 6.17. The van der Waals surface area contributed by atoms with E-state index in [-0.39, 0.29) is 6.04 Å². The van der Waals surface area contributed by atoms with E-state index in [1.54, 1.807) is 0 Å². The van der Waals surface area contributed by atoms with E-state index < -0.39 is 5.60 Å². The summed E-state index contributed by atoms with van der Waals surface area (Å²) in [6.45, 7) is 9.13. The van der Waals surface area contributed by atoms with Crippen LogP contribution >= 0.6 is 15.9 Å². The zero-order valence-corrected chi connectivity index (χ0v) is 13.2. The number of anilines is 1. The van der Waals surface area contributed by atoms with Crippen molar-refractivity contribution >= 4 is 21.6 Å². The first kappa shape index (κ1) is 15.5. The molecule has 3 nitrogen and oxygen atoms in total. The normalized spacial score (nSPS) is 13.5. The van der Waals surface area contributed by atoms with E-state index in [0.717, 1.165) is 22.3 Å². The lowest BCUT2D eigenvalue weighted by Gasteiger charge is -2.31. The molecule has 0 aliphatic heterocycles. The van der Waals surface area contributed by atoms with Crippen molar-refractivity contribution in [2.24, 2.45) is 5.73 Å². The summed E-state index contributed by atoms with van der Waals surface area (Å²) in [7, 11) is 0. The highest BCUT2D eigenvalue weighted by molar-refractivity contribution is 9.10. The first-order chi connectivity index (χ1) is 8.24. The standard InChI is InChI=1S/C14H23BrN2O/c1-5-17(9-14(3,4)18)13-7-6-11(10(2)16)8-12(13)15/h6-8,10,18H,5,9,16H2,1-4H3/t10-/m0/s1. The molecular formula is C14H23BrN2O. The molecule has 0 fully saturated rings. The van der Waals surface area contributed by atoms with E-state index in [1.807, 2.05) is 32.9 Å². The van der Waals surface area contributed by atoms with Gasteiger partial charge in [0.25, 0.3) is 0 Å². The van der Waals surface area contributed by atoms with Gasteiger partial charge in [-0.1, -0.05) is 6.07 Å². The van der Waals surface area contributed by atoms with Crippen LogP contribution in [0.25, 0.3) is 0 Å². The zero-order chi connectivity index (χ0) is 13.9. The monoisotopic (exact) mass is 314 g/mol. The van der Waals surface area contributed by atoms with E-state index in [1.165, 1.54) is 0 Å². The number of benzene rings is 1. The lowest BCUT2D eigenvalue weighted by Crippen LogP contribution is -2.38. The first-order valence-electron chi connectivity index (χ1n) is 6.27. The Kier molecular flexibility index (Phi) is 5.20. The van der Waals surface area contributed by atoms with Gasteiger partial charge in [-0.25, -0.2) is 0 Å². The van der Waals surface area contributed by atoms with Crippen LogP contribution in [0.1, 0.15) is 39.3 Å². The second-order valence-electron chi connectivity index (χ2n) is 5.33. The molecule has 0 radical (unpaired) electrons. The van der Waals surface area contributed by atoms with Gasteiger partial charge in [-0.15, -0.1) is 0 Å². The molecule has 0 saturated heterocycles. The second kappa shape index (κ2) is 6.04. The number of halogens is 1. The van der Waals surface area contributed by atoms with Gasteiger partial charge in [-0.3, -0.25) is 0 Å². The van der Waals surface area contributed by atoms with Gasteiger partial charge in [0.1, 0.15) is 0 Å². The molecule has 1 aromatic carbocycles. The van der Waals surface area contributed by atoms with Crippen LogP contribution in [-0.4, -0.2) is 23.8 Å². The molecule has 3 N–H and O–H groups in total. The van der Waals surface area contributed by atoms with E-state index >= 15 is 0 Å². The Balaban J connectivity index is 3.00. The fraction of sp³-hybridized carbons (Fsp3) is 0.571. The topological polar surface area (TPSA) is 49.5 Å². The summed E-state index contributed by atoms with van der Waals surface area (Å²) in [5.41, 5.74) is 7.34. The number of aliphatic hydroxyl groups is 1. The quantitative estimate of drug-likeness (QED) is 0.878. The number of hydrogen-bond acceptors (Lipinski definition) is 3. The van der Waals surface area contributed by atoms with Crippen molar-refractivity contribution in [1.29, 1.82) is 0 Å². The fourth-order valence-electron chi connectivity index (χ4n) is 1.90. The molecule has 4 heteroatoms. The molecule has 0 saturated carbocycles. The van der Waals surface area contributed by atoms with Gasteiger partial charge < -0.3 is 15.7 Å². The molecule has 18 heavy (non-hydrogen) atoms. The smallest absolute Gasteiger partial charge is 0.0765 e. The van der Waals surface area contributed by atoms with Crippen LogP contribution in [0.4, 0.5) is 5.69 Å². The largest absolute Gasteiger partial charge is 0.389 e. The molecule has 0 spiro atoms. The molecule has 1 aromatic rings. The van der Waals surface area contributed by atoms with Crippen molar-refractivity contribution in [3.05, 3.63) is 28.2 Å². The third kappa shape index (κ3) is 4.26. The maximum Gasteiger partial charge on any atom is 0.0765 e. The molecule has 0 aliphatic rings. The van der Waals surface area contributed by atoms with Crippen LogP contribution in [0.2, 0.25) is 0 Å². The van der Waals surface area contributed by atoms with Crippen molar-refractivity contribution < 1.29 is 5.11 Å². The number of likely N-dealkylation sites (N-methyl/N-ethyl adjacent to an activating group) is 1. The van der Waals surface area contributed by atoms with Crippen molar-refractivity contribution in [3.63, 3.8) is 0 Å². The molecule has 0 heterocycles. The maximum absolute atomic E-state index is 9.94. The van der Waals surface area contributed by atoms with Crippen molar-refractivity contribution in [3.8, 4) is 0 Å². The SMILES string of the molecule is CCN(CC(C)(C)O)c1ccc([C@H](C)N)cc1Br. The number of nitrogens with zero attached hydrogens (tertiary/aromatic N) is 1. The Morgan fingerprint density at radius 3 is 2.44 bits per heavy atom. The summed E-state index contributed by atoms with van der Waals surface area (Å²) in [5.74, 6) is 0. The van der Waals surface area contributed by atoms with Crippen LogP contribution in [0.15, 0.2) is 22.7 Å². The highest BCUT2D eigenvalue weighted by Gasteiger charge is 2.19.